The highest BCUT2D eigenvalue weighted by atomic mass is 19.1. The average Bonchev–Trinajstić information content (AvgIpc) is 3.09. The maximum Gasteiger partial charge on any atom is 0.248 e. The Hall–Kier alpha value is -2.62. The molecule has 0 aliphatic carbocycles. The number of anilines is 2. The van der Waals surface area contributed by atoms with Gasteiger partial charge in [-0.25, -0.2) is 4.39 Å². The lowest BCUT2D eigenvalue weighted by molar-refractivity contribution is -0.111. The average molecular weight is 310 g/mol. The molecule has 0 unspecified atom stereocenters. The molecule has 1 aliphatic rings. The number of rotatable bonds is 4. The zero-order valence-electron chi connectivity index (χ0n) is 12.8. The van der Waals surface area contributed by atoms with Crippen LogP contribution in [0.15, 0.2) is 54.6 Å². The van der Waals surface area contributed by atoms with Crippen LogP contribution in [0, 0.1) is 5.82 Å². The zero-order chi connectivity index (χ0) is 16.1. The Labute approximate surface area is 135 Å². The minimum atomic E-state index is -0.287. The first-order valence-corrected chi connectivity index (χ1v) is 7.80. The predicted octanol–water partition coefficient (Wildman–Crippen LogP) is 4.08. The summed E-state index contributed by atoms with van der Waals surface area (Å²) in [5.41, 5.74) is 2.71. The van der Waals surface area contributed by atoms with Crippen LogP contribution in [0.4, 0.5) is 15.8 Å². The molecular weight excluding hydrogens is 291 g/mol. The molecule has 0 atom stereocenters. The Kier molecular flexibility index (Phi) is 4.71. The number of carbonyl (C=O) groups is 1. The number of nitrogens with zero attached hydrogens (tertiary/aromatic N) is 1. The third-order valence-electron chi connectivity index (χ3n) is 3.88. The molecule has 1 N–H and O–H groups in total. The second-order valence-electron chi connectivity index (χ2n) is 5.62. The molecule has 3 rings (SSSR count). The van der Waals surface area contributed by atoms with Crippen molar-refractivity contribution in [1.82, 2.24) is 0 Å². The number of halogens is 1. The van der Waals surface area contributed by atoms with E-state index < -0.39 is 0 Å². The van der Waals surface area contributed by atoms with Gasteiger partial charge >= 0.3 is 0 Å². The van der Waals surface area contributed by atoms with Crippen molar-refractivity contribution in [3.8, 4) is 0 Å². The molecule has 0 radical (unpaired) electrons. The highest BCUT2D eigenvalue weighted by Crippen LogP contribution is 2.23. The molecule has 0 spiro atoms. The molecule has 4 heteroatoms. The van der Waals surface area contributed by atoms with Crippen LogP contribution in [0.5, 0.6) is 0 Å². The second kappa shape index (κ2) is 7.09. The first-order valence-electron chi connectivity index (χ1n) is 7.80. The number of benzene rings is 2. The summed E-state index contributed by atoms with van der Waals surface area (Å²) >= 11 is 0. The van der Waals surface area contributed by atoms with E-state index in [4.69, 9.17) is 0 Å². The lowest BCUT2D eigenvalue weighted by Gasteiger charge is -2.18. The van der Waals surface area contributed by atoms with E-state index in [2.05, 4.69) is 16.3 Å². The van der Waals surface area contributed by atoms with E-state index in [1.165, 1.54) is 31.1 Å². The minimum Gasteiger partial charge on any atom is -0.371 e. The molecule has 1 aliphatic heterocycles. The van der Waals surface area contributed by atoms with Crippen molar-refractivity contribution in [2.24, 2.45) is 0 Å². The molecule has 1 amide bonds. The van der Waals surface area contributed by atoms with Crippen molar-refractivity contribution in [2.75, 3.05) is 23.3 Å². The van der Waals surface area contributed by atoms with Crippen LogP contribution < -0.4 is 10.2 Å². The smallest absolute Gasteiger partial charge is 0.248 e. The molecular formula is C19H19FN2O. The van der Waals surface area contributed by atoms with Gasteiger partial charge in [-0.15, -0.1) is 0 Å². The van der Waals surface area contributed by atoms with Crippen LogP contribution in [0.1, 0.15) is 18.4 Å². The molecule has 1 saturated heterocycles. The fourth-order valence-corrected chi connectivity index (χ4v) is 2.69. The number of amides is 1. The Morgan fingerprint density at radius 1 is 1.09 bits per heavy atom. The molecule has 0 bridgehead atoms. The predicted molar refractivity (Wildman–Crippen MR) is 92.0 cm³/mol. The number of hydrogen-bond acceptors (Lipinski definition) is 2. The van der Waals surface area contributed by atoms with Gasteiger partial charge < -0.3 is 10.2 Å². The quantitative estimate of drug-likeness (QED) is 0.863. The molecule has 0 saturated carbocycles. The van der Waals surface area contributed by atoms with Crippen molar-refractivity contribution >= 4 is 23.4 Å². The summed E-state index contributed by atoms with van der Waals surface area (Å²) in [4.78, 5) is 14.3. The summed E-state index contributed by atoms with van der Waals surface area (Å²) in [6.07, 6.45) is 5.56. The molecule has 3 nitrogen and oxygen atoms in total. The third-order valence-corrected chi connectivity index (χ3v) is 3.88. The number of nitrogens with one attached hydrogen (secondary N) is 1. The first-order chi connectivity index (χ1) is 11.2. The van der Waals surface area contributed by atoms with Crippen LogP contribution in [0.2, 0.25) is 0 Å². The van der Waals surface area contributed by atoms with Gasteiger partial charge in [0.1, 0.15) is 5.82 Å². The van der Waals surface area contributed by atoms with Gasteiger partial charge in [-0.2, -0.15) is 0 Å². The zero-order valence-corrected chi connectivity index (χ0v) is 12.8. The highest BCUT2D eigenvalue weighted by molar-refractivity contribution is 6.02. The van der Waals surface area contributed by atoms with Gasteiger partial charge in [0, 0.05) is 30.5 Å². The molecule has 23 heavy (non-hydrogen) atoms. The lowest BCUT2D eigenvalue weighted by atomic mass is 10.2. The van der Waals surface area contributed by atoms with Crippen molar-refractivity contribution < 1.29 is 9.18 Å². The van der Waals surface area contributed by atoms with Crippen molar-refractivity contribution in [1.29, 1.82) is 0 Å². The fraction of sp³-hybridized carbons (Fsp3) is 0.211. The van der Waals surface area contributed by atoms with E-state index in [0.717, 1.165) is 30.0 Å². The second-order valence-corrected chi connectivity index (χ2v) is 5.62. The van der Waals surface area contributed by atoms with Crippen LogP contribution in [0.25, 0.3) is 6.08 Å². The van der Waals surface area contributed by atoms with E-state index in [-0.39, 0.29) is 11.7 Å². The van der Waals surface area contributed by atoms with E-state index in [9.17, 15) is 9.18 Å². The summed E-state index contributed by atoms with van der Waals surface area (Å²) < 4.78 is 12.8. The molecule has 0 aromatic heterocycles. The van der Waals surface area contributed by atoms with Gasteiger partial charge in [0.2, 0.25) is 5.91 Å². The van der Waals surface area contributed by atoms with Gasteiger partial charge in [-0.3, -0.25) is 4.79 Å². The van der Waals surface area contributed by atoms with E-state index >= 15 is 0 Å². The minimum absolute atomic E-state index is 0.201. The molecule has 2 aromatic carbocycles. The largest absolute Gasteiger partial charge is 0.371 e. The Morgan fingerprint density at radius 2 is 1.83 bits per heavy atom. The van der Waals surface area contributed by atoms with Gasteiger partial charge in [-0.05, 0) is 54.8 Å². The summed E-state index contributed by atoms with van der Waals surface area (Å²) in [6.45, 7) is 2.14. The van der Waals surface area contributed by atoms with Gasteiger partial charge in [0.25, 0.3) is 0 Å². The molecule has 1 fully saturated rings. The summed E-state index contributed by atoms with van der Waals surface area (Å²) in [7, 11) is 0. The Bertz CT molecular complexity index is 704. The standard InChI is InChI=1S/C19H19FN2O/c20-16-9-6-15(7-10-16)8-11-19(23)21-17-4-3-5-18(14-17)22-12-1-2-13-22/h3-11,14H,1-2,12-13H2,(H,21,23)/b11-8+. The van der Waals surface area contributed by atoms with Crippen LogP contribution in [-0.2, 0) is 4.79 Å². The van der Waals surface area contributed by atoms with E-state index in [1.54, 1.807) is 18.2 Å². The number of hydrogen-bond donors (Lipinski definition) is 1. The Morgan fingerprint density at radius 3 is 2.57 bits per heavy atom. The number of carbonyl (C=O) groups excluding carboxylic acids is 1. The third kappa shape index (κ3) is 4.19. The van der Waals surface area contributed by atoms with Gasteiger partial charge in [0.05, 0.1) is 0 Å². The molecule has 118 valence electrons. The van der Waals surface area contributed by atoms with Crippen molar-refractivity contribution in [3.63, 3.8) is 0 Å². The van der Waals surface area contributed by atoms with E-state index in [1.807, 2.05) is 18.2 Å². The Balaban J connectivity index is 1.63. The summed E-state index contributed by atoms with van der Waals surface area (Å²) in [6, 6.07) is 13.9. The van der Waals surface area contributed by atoms with E-state index in [0.29, 0.717) is 0 Å². The van der Waals surface area contributed by atoms with Crippen molar-refractivity contribution in [3.05, 3.63) is 66.0 Å². The maximum atomic E-state index is 12.8. The summed E-state index contributed by atoms with van der Waals surface area (Å²) in [5, 5.41) is 2.86. The van der Waals surface area contributed by atoms with Crippen LogP contribution in [0.3, 0.4) is 0 Å². The SMILES string of the molecule is O=C(/C=C/c1ccc(F)cc1)Nc1cccc(N2CCCC2)c1. The first kappa shape index (κ1) is 15.3. The summed E-state index contributed by atoms with van der Waals surface area (Å²) in [5.74, 6) is -0.488. The molecule has 2 aromatic rings. The molecule has 1 heterocycles. The lowest BCUT2D eigenvalue weighted by Crippen LogP contribution is -2.17. The maximum absolute atomic E-state index is 12.8. The van der Waals surface area contributed by atoms with Gasteiger partial charge in [0.15, 0.2) is 0 Å². The normalized spacial score (nSPS) is 14.4. The van der Waals surface area contributed by atoms with Crippen LogP contribution >= 0.6 is 0 Å². The topological polar surface area (TPSA) is 32.3 Å². The van der Waals surface area contributed by atoms with Crippen LogP contribution in [-0.4, -0.2) is 19.0 Å². The van der Waals surface area contributed by atoms with Gasteiger partial charge in [-0.1, -0.05) is 18.2 Å². The fourth-order valence-electron chi connectivity index (χ4n) is 2.69. The van der Waals surface area contributed by atoms with Crippen molar-refractivity contribution in [2.45, 2.75) is 12.8 Å². The highest BCUT2D eigenvalue weighted by Gasteiger charge is 2.12. The monoisotopic (exact) mass is 310 g/mol.